The van der Waals surface area contributed by atoms with Crippen LogP contribution in [0.5, 0.6) is 0 Å². The first-order valence-corrected chi connectivity index (χ1v) is 8.69. The molecule has 1 N–H and O–H groups in total. The van der Waals surface area contributed by atoms with Crippen molar-refractivity contribution in [2.75, 3.05) is 11.6 Å². The largest absolute Gasteiger partial charge is 0.377 e. The van der Waals surface area contributed by atoms with E-state index in [9.17, 15) is 12.8 Å². The third-order valence-corrected chi connectivity index (χ3v) is 4.98. The van der Waals surface area contributed by atoms with Gasteiger partial charge < -0.3 is 5.32 Å². The van der Waals surface area contributed by atoms with E-state index in [0.717, 1.165) is 17.5 Å². The molecule has 3 rings (SSSR count). The second-order valence-corrected chi connectivity index (χ2v) is 7.30. The minimum Gasteiger partial charge on any atom is -0.377 e. The Morgan fingerprint density at radius 2 is 1.90 bits per heavy atom. The van der Waals surface area contributed by atoms with E-state index in [1.165, 1.54) is 12.3 Å². The lowest BCUT2D eigenvalue weighted by atomic mass is 10.1. The van der Waals surface area contributed by atoms with E-state index in [1.807, 2.05) is 6.07 Å². The number of hydrogen-bond acceptors (Lipinski definition) is 3. The van der Waals surface area contributed by atoms with Crippen molar-refractivity contribution in [2.45, 2.75) is 23.8 Å². The van der Waals surface area contributed by atoms with Crippen molar-refractivity contribution < 1.29 is 12.8 Å². The molecule has 1 aliphatic carbocycles. The van der Waals surface area contributed by atoms with Gasteiger partial charge in [0.2, 0.25) is 0 Å². The van der Waals surface area contributed by atoms with Crippen molar-refractivity contribution in [3.8, 4) is 0 Å². The molecular formula is C16H16FNO2S. The summed E-state index contributed by atoms with van der Waals surface area (Å²) in [5, 5.41) is 3.25. The van der Waals surface area contributed by atoms with Gasteiger partial charge >= 0.3 is 0 Å². The van der Waals surface area contributed by atoms with Crippen LogP contribution in [-0.2, 0) is 16.3 Å². The predicted molar refractivity (Wildman–Crippen MR) is 80.6 cm³/mol. The monoisotopic (exact) mass is 305 g/mol. The lowest BCUT2D eigenvalue weighted by Crippen LogP contribution is -2.10. The molecule has 0 aliphatic heterocycles. The molecule has 0 saturated heterocycles. The van der Waals surface area contributed by atoms with E-state index in [4.69, 9.17) is 0 Å². The first-order chi connectivity index (χ1) is 9.97. The molecule has 0 amide bonds. The fourth-order valence-electron chi connectivity index (χ4n) is 2.86. The predicted octanol–water partition coefficient (Wildman–Crippen LogP) is 3.33. The molecule has 0 heterocycles. The van der Waals surface area contributed by atoms with Crippen LogP contribution in [0.1, 0.15) is 23.6 Å². The number of halogens is 1. The molecule has 0 spiro atoms. The molecule has 110 valence electrons. The Morgan fingerprint density at radius 1 is 1.14 bits per heavy atom. The van der Waals surface area contributed by atoms with E-state index >= 15 is 0 Å². The number of para-hydroxylation sites is 1. The third kappa shape index (κ3) is 2.65. The summed E-state index contributed by atoms with van der Waals surface area (Å²) in [5.41, 5.74) is 2.22. The lowest BCUT2D eigenvalue weighted by molar-refractivity contribution is 0.602. The van der Waals surface area contributed by atoms with Crippen LogP contribution in [0.15, 0.2) is 47.4 Å². The maximum atomic E-state index is 13.7. The molecule has 0 aromatic heterocycles. The first-order valence-electron chi connectivity index (χ1n) is 6.80. The third-order valence-electron chi connectivity index (χ3n) is 3.83. The van der Waals surface area contributed by atoms with E-state index in [2.05, 4.69) is 5.32 Å². The van der Waals surface area contributed by atoms with Crippen molar-refractivity contribution in [3.05, 3.63) is 59.4 Å². The quantitative estimate of drug-likeness (QED) is 0.946. The summed E-state index contributed by atoms with van der Waals surface area (Å²) in [4.78, 5) is 0.273. The van der Waals surface area contributed by atoms with Gasteiger partial charge in [-0.05, 0) is 42.2 Å². The average molecular weight is 305 g/mol. The Labute approximate surface area is 123 Å². The Balaban J connectivity index is 1.96. The summed E-state index contributed by atoms with van der Waals surface area (Å²) in [5.74, 6) is -0.187. The number of fused-ring (bicyclic) bond motifs is 1. The Bertz CT molecular complexity index is 787. The average Bonchev–Trinajstić information content (AvgIpc) is 2.83. The minimum absolute atomic E-state index is 0.0569. The molecule has 5 heteroatoms. The van der Waals surface area contributed by atoms with Crippen LogP contribution in [0.25, 0.3) is 0 Å². The summed E-state index contributed by atoms with van der Waals surface area (Å²) >= 11 is 0. The van der Waals surface area contributed by atoms with Crippen LogP contribution < -0.4 is 5.32 Å². The fourth-order valence-corrected chi connectivity index (χ4v) is 3.71. The molecule has 1 aliphatic rings. The van der Waals surface area contributed by atoms with Crippen molar-refractivity contribution in [1.29, 1.82) is 0 Å². The number of sulfone groups is 1. The molecule has 21 heavy (non-hydrogen) atoms. The zero-order valence-corrected chi connectivity index (χ0v) is 12.5. The smallest absolute Gasteiger partial charge is 0.177 e. The van der Waals surface area contributed by atoms with Gasteiger partial charge in [0.1, 0.15) is 5.82 Å². The Hall–Kier alpha value is -1.88. The van der Waals surface area contributed by atoms with Crippen molar-refractivity contribution in [1.82, 2.24) is 0 Å². The highest BCUT2D eigenvalue weighted by molar-refractivity contribution is 7.90. The van der Waals surface area contributed by atoms with Gasteiger partial charge in [-0.2, -0.15) is 0 Å². The van der Waals surface area contributed by atoms with Crippen LogP contribution in [0.4, 0.5) is 10.1 Å². The standard InChI is InChI=1S/C16H16FNO2S/c1-21(19,20)16-8-3-2-7-15(16)18-14-10-9-11-12(14)5-4-6-13(11)17/h2-8,14,18H,9-10H2,1H3. The van der Waals surface area contributed by atoms with Crippen LogP contribution in [0, 0.1) is 5.82 Å². The highest BCUT2D eigenvalue weighted by atomic mass is 32.2. The number of benzene rings is 2. The molecule has 0 bridgehead atoms. The van der Waals surface area contributed by atoms with Gasteiger partial charge in [0.05, 0.1) is 16.6 Å². The highest BCUT2D eigenvalue weighted by Gasteiger charge is 2.26. The van der Waals surface area contributed by atoms with Gasteiger partial charge in [-0.1, -0.05) is 24.3 Å². The van der Waals surface area contributed by atoms with Gasteiger partial charge in [-0.15, -0.1) is 0 Å². The van der Waals surface area contributed by atoms with Crippen molar-refractivity contribution in [2.24, 2.45) is 0 Å². The second kappa shape index (κ2) is 5.15. The van der Waals surface area contributed by atoms with Crippen LogP contribution >= 0.6 is 0 Å². The van der Waals surface area contributed by atoms with Crippen molar-refractivity contribution >= 4 is 15.5 Å². The molecule has 3 nitrogen and oxygen atoms in total. The van der Waals surface area contributed by atoms with Gasteiger partial charge in [-0.3, -0.25) is 0 Å². The van der Waals surface area contributed by atoms with Gasteiger partial charge in [0, 0.05) is 6.26 Å². The van der Waals surface area contributed by atoms with E-state index in [-0.39, 0.29) is 16.8 Å². The summed E-state index contributed by atoms with van der Waals surface area (Å²) in [6.45, 7) is 0. The zero-order chi connectivity index (χ0) is 15.0. The van der Waals surface area contributed by atoms with Crippen molar-refractivity contribution in [3.63, 3.8) is 0 Å². The Morgan fingerprint density at radius 3 is 2.67 bits per heavy atom. The van der Waals surface area contributed by atoms with Crippen LogP contribution in [-0.4, -0.2) is 14.7 Å². The number of rotatable bonds is 3. The van der Waals surface area contributed by atoms with Crippen LogP contribution in [0.2, 0.25) is 0 Å². The summed E-state index contributed by atoms with van der Waals surface area (Å²) < 4.78 is 37.4. The van der Waals surface area contributed by atoms with Crippen LogP contribution in [0.3, 0.4) is 0 Å². The number of hydrogen-bond donors (Lipinski definition) is 1. The SMILES string of the molecule is CS(=O)(=O)c1ccccc1NC1CCc2c(F)cccc21. The molecule has 2 aromatic carbocycles. The fraction of sp³-hybridized carbons (Fsp3) is 0.250. The summed E-state index contributed by atoms with van der Waals surface area (Å²) in [6, 6.07) is 11.8. The maximum Gasteiger partial charge on any atom is 0.177 e. The lowest BCUT2D eigenvalue weighted by Gasteiger charge is -2.18. The number of nitrogens with one attached hydrogen (secondary N) is 1. The highest BCUT2D eigenvalue weighted by Crippen LogP contribution is 2.36. The van der Waals surface area contributed by atoms with E-state index in [1.54, 1.807) is 30.3 Å². The summed E-state index contributed by atoms with van der Waals surface area (Å²) in [7, 11) is -3.30. The molecule has 0 fully saturated rings. The topological polar surface area (TPSA) is 46.2 Å². The van der Waals surface area contributed by atoms with E-state index in [0.29, 0.717) is 12.1 Å². The van der Waals surface area contributed by atoms with Gasteiger partial charge in [-0.25, -0.2) is 12.8 Å². The first kappa shape index (κ1) is 14.1. The minimum atomic E-state index is -3.30. The normalized spacial score (nSPS) is 17.5. The van der Waals surface area contributed by atoms with E-state index < -0.39 is 9.84 Å². The molecule has 0 saturated carbocycles. The molecule has 2 aromatic rings. The molecular weight excluding hydrogens is 289 g/mol. The molecule has 0 radical (unpaired) electrons. The Kier molecular flexibility index (Phi) is 3.45. The maximum absolute atomic E-state index is 13.7. The second-order valence-electron chi connectivity index (χ2n) is 5.31. The molecule has 1 unspecified atom stereocenters. The number of anilines is 1. The van der Waals surface area contributed by atoms with Gasteiger partial charge in [0.15, 0.2) is 9.84 Å². The molecule has 1 atom stereocenters. The zero-order valence-electron chi connectivity index (χ0n) is 11.6. The summed E-state index contributed by atoms with van der Waals surface area (Å²) in [6.07, 6.45) is 2.62. The van der Waals surface area contributed by atoms with Gasteiger partial charge in [0.25, 0.3) is 0 Å².